The Hall–Kier alpha value is -3.22. The van der Waals surface area contributed by atoms with E-state index in [1.54, 1.807) is 35.2 Å². The largest absolute Gasteiger partial charge is 0.350 e. The Balaban J connectivity index is 1.51. The molecule has 2 N–H and O–H groups in total. The van der Waals surface area contributed by atoms with Crippen LogP contribution in [0.15, 0.2) is 48.5 Å². The second-order valence-electron chi connectivity index (χ2n) is 8.23. The topological polar surface area (TPSA) is 65.2 Å². The van der Waals surface area contributed by atoms with Crippen molar-refractivity contribution in [3.8, 4) is 0 Å². The second-order valence-corrected chi connectivity index (χ2v) is 8.23. The summed E-state index contributed by atoms with van der Waals surface area (Å²) in [5.41, 5.74) is 0.713. The number of halogens is 2. The molecule has 2 saturated heterocycles. The summed E-state index contributed by atoms with van der Waals surface area (Å²) >= 11 is 0. The highest BCUT2D eigenvalue weighted by Gasteiger charge is 2.51. The average molecular weight is 409 g/mol. The van der Waals surface area contributed by atoms with Gasteiger partial charge in [0.1, 0.15) is 17.3 Å². The van der Waals surface area contributed by atoms with E-state index in [4.69, 9.17) is 0 Å². The first-order chi connectivity index (χ1) is 14.4. The number of piperidine rings is 1. The number of fused-ring (bicyclic) bond motifs is 1. The second kappa shape index (κ2) is 6.93. The van der Waals surface area contributed by atoms with Gasteiger partial charge in [-0.3, -0.25) is 9.59 Å². The maximum Gasteiger partial charge on any atom is 0.270 e. The molecule has 7 heteroatoms. The van der Waals surface area contributed by atoms with E-state index < -0.39 is 5.54 Å². The van der Waals surface area contributed by atoms with Gasteiger partial charge in [0, 0.05) is 36.3 Å². The van der Waals surface area contributed by atoms with Crippen molar-refractivity contribution in [1.82, 2.24) is 15.2 Å². The summed E-state index contributed by atoms with van der Waals surface area (Å²) in [4.78, 5) is 30.1. The van der Waals surface area contributed by atoms with E-state index in [2.05, 4.69) is 10.3 Å². The molecule has 1 aromatic heterocycles. The Morgan fingerprint density at radius 2 is 1.97 bits per heavy atom. The van der Waals surface area contributed by atoms with Crippen molar-refractivity contribution in [2.75, 3.05) is 13.1 Å². The normalized spacial score (nSPS) is 23.9. The third-order valence-corrected chi connectivity index (χ3v) is 6.34. The van der Waals surface area contributed by atoms with Crippen LogP contribution in [0.25, 0.3) is 10.9 Å². The van der Waals surface area contributed by atoms with Crippen LogP contribution in [0.2, 0.25) is 0 Å². The summed E-state index contributed by atoms with van der Waals surface area (Å²) in [6.07, 6.45) is 1.82. The molecule has 2 aromatic carbocycles. The van der Waals surface area contributed by atoms with Crippen molar-refractivity contribution in [1.29, 1.82) is 0 Å². The van der Waals surface area contributed by atoms with Crippen molar-refractivity contribution in [2.24, 2.45) is 0 Å². The van der Waals surface area contributed by atoms with Crippen LogP contribution in [0.3, 0.4) is 0 Å². The number of benzene rings is 2. The molecule has 0 aliphatic carbocycles. The number of H-pyrrole nitrogens is 1. The average Bonchev–Trinajstić information content (AvgIpc) is 3.29. The highest BCUT2D eigenvalue weighted by molar-refractivity contribution is 5.98. The molecule has 1 spiro atoms. The van der Waals surface area contributed by atoms with Gasteiger partial charge in [-0.1, -0.05) is 18.2 Å². The van der Waals surface area contributed by atoms with E-state index in [0.29, 0.717) is 49.1 Å². The highest BCUT2D eigenvalue weighted by Crippen LogP contribution is 2.42. The summed E-state index contributed by atoms with van der Waals surface area (Å²) in [6.45, 7) is 0.601. The SMILES string of the molecule is O=C1CCC[C@]2(CN(C(=O)c3cc4ccc(F)cc4[nH]3)C[C@H]2c2ccccc2F)N1. The first-order valence-corrected chi connectivity index (χ1v) is 10.1. The van der Waals surface area contributed by atoms with Gasteiger partial charge in [-0.25, -0.2) is 8.78 Å². The fraction of sp³-hybridized carbons (Fsp3) is 0.304. The van der Waals surface area contributed by atoms with Crippen LogP contribution >= 0.6 is 0 Å². The molecule has 5 nitrogen and oxygen atoms in total. The zero-order chi connectivity index (χ0) is 20.9. The summed E-state index contributed by atoms with van der Waals surface area (Å²) < 4.78 is 28.2. The third kappa shape index (κ3) is 3.05. The highest BCUT2D eigenvalue weighted by atomic mass is 19.1. The van der Waals surface area contributed by atoms with Crippen LogP contribution in [0, 0.1) is 11.6 Å². The third-order valence-electron chi connectivity index (χ3n) is 6.34. The first kappa shape index (κ1) is 18.8. The fourth-order valence-electron chi connectivity index (χ4n) is 4.95. The number of amides is 2. The van der Waals surface area contributed by atoms with Crippen LogP contribution in [-0.4, -0.2) is 40.3 Å². The Kier molecular flexibility index (Phi) is 4.34. The minimum absolute atomic E-state index is 0.0713. The Labute approximate surface area is 172 Å². The zero-order valence-corrected chi connectivity index (χ0v) is 16.3. The molecule has 154 valence electrons. The molecule has 3 aromatic rings. The lowest BCUT2D eigenvalue weighted by molar-refractivity contribution is -0.125. The lowest BCUT2D eigenvalue weighted by atomic mass is 9.76. The lowest BCUT2D eigenvalue weighted by Gasteiger charge is -2.39. The number of aromatic amines is 1. The predicted molar refractivity (Wildman–Crippen MR) is 108 cm³/mol. The number of nitrogens with zero attached hydrogens (tertiary/aromatic N) is 1. The summed E-state index contributed by atoms with van der Waals surface area (Å²) in [5.74, 6) is -1.37. The molecule has 0 saturated carbocycles. The van der Waals surface area contributed by atoms with E-state index in [1.807, 2.05) is 0 Å². The maximum absolute atomic E-state index is 14.6. The Morgan fingerprint density at radius 1 is 1.13 bits per heavy atom. The van der Waals surface area contributed by atoms with Crippen LogP contribution in [-0.2, 0) is 4.79 Å². The number of aromatic nitrogens is 1. The van der Waals surface area contributed by atoms with Crippen LogP contribution in [0.5, 0.6) is 0 Å². The van der Waals surface area contributed by atoms with Crippen LogP contribution in [0.1, 0.15) is 41.2 Å². The lowest BCUT2D eigenvalue weighted by Crippen LogP contribution is -2.56. The van der Waals surface area contributed by atoms with Crippen molar-refractivity contribution in [3.05, 3.63) is 71.4 Å². The standard InChI is InChI=1S/C23H21F2N3O2/c24-15-8-7-14-10-20(26-19(14)11-15)22(30)28-12-17(16-4-1-2-5-18(16)25)23(13-28)9-3-6-21(29)27-23/h1-2,4-5,7-8,10-11,17,26H,3,6,9,12-13H2,(H,27,29)/t17-,23+/m0/s1. The molecule has 2 amide bonds. The minimum Gasteiger partial charge on any atom is -0.350 e. The molecule has 30 heavy (non-hydrogen) atoms. The molecule has 2 atom stereocenters. The minimum atomic E-state index is -0.689. The number of carbonyl (C=O) groups excluding carboxylic acids is 2. The predicted octanol–water partition coefficient (Wildman–Crippen LogP) is 3.72. The van der Waals surface area contributed by atoms with Gasteiger partial charge < -0.3 is 15.2 Å². The quantitative estimate of drug-likeness (QED) is 0.678. The molecule has 0 radical (unpaired) electrons. The fourth-order valence-corrected chi connectivity index (χ4v) is 4.95. The van der Waals surface area contributed by atoms with Gasteiger partial charge in [-0.15, -0.1) is 0 Å². The van der Waals surface area contributed by atoms with Crippen LogP contribution < -0.4 is 5.32 Å². The molecule has 2 aliphatic rings. The van der Waals surface area contributed by atoms with E-state index in [9.17, 15) is 18.4 Å². The van der Waals surface area contributed by atoms with E-state index >= 15 is 0 Å². The molecule has 5 rings (SSSR count). The van der Waals surface area contributed by atoms with E-state index in [-0.39, 0.29) is 29.4 Å². The summed E-state index contributed by atoms with van der Waals surface area (Å²) in [6, 6.07) is 12.5. The molecule has 2 aliphatic heterocycles. The van der Waals surface area contributed by atoms with Crippen LogP contribution in [0.4, 0.5) is 8.78 Å². The monoisotopic (exact) mass is 409 g/mol. The van der Waals surface area contributed by atoms with Gasteiger partial charge in [0.25, 0.3) is 5.91 Å². The smallest absolute Gasteiger partial charge is 0.270 e. The molecule has 2 fully saturated rings. The molecule has 3 heterocycles. The Morgan fingerprint density at radius 3 is 2.77 bits per heavy atom. The number of carbonyl (C=O) groups is 2. The van der Waals surface area contributed by atoms with Crippen molar-refractivity contribution < 1.29 is 18.4 Å². The number of hydrogen-bond donors (Lipinski definition) is 2. The van der Waals surface area contributed by atoms with Crippen molar-refractivity contribution in [3.63, 3.8) is 0 Å². The molecule has 0 unspecified atom stereocenters. The summed E-state index contributed by atoms with van der Waals surface area (Å²) in [7, 11) is 0. The molecular formula is C23H21F2N3O2. The van der Waals surface area contributed by atoms with Crippen molar-refractivity contribution in [2.45, 2.75) is 30.7 Å². The number of nitrogens with one attached hydrogen (secondary N) is 2. The number of hydrogen-bond acceptors (Lipinski definition) is 2. The first-order valence-electron chi connectivity index (χ1n) is 10.1. The van der Waals surface area contributed by atoms with Crippen molar-refractivity contribution >= 4 is 22.7 Å². The van der Waals surface area contributed by atoms with Gasteiger partial charge in [0.15, 0.2) is 0 Å². The van der Waals surface area contributed by atoms with Gasteiger partial charge in [0.05, 0.1) is 5.54 Å². The van der Waals surface area contributed by atoms with Gasteiger partial charge >= 0.3 is 0 Å². The van der Waals surface area contributed by atoms with Gasteiger partial charge in [-0.2, -0.15) is 0 Å². The van der Waals surface area contributed by atoms with Gasteiger partial charge in [0.2, 0.25) is 5.91 Å². The number of rotatable bonds is 2. The maximum atomic E-state index is 14.6. The Bertz CT molecular complexity index is 1160. The molecule has 0 bridgehead atoms. The van der Waals surface area contributed by atoms with E-state index in [0.717, 1.165) is 5.39 Å². The van der Waals surface area contributed by atoms with E-state index in [1.165, 1.54) is 18.2 Å². The van der Waals surface area contributed by atoms with Gasteiger partial charge in [-0.05, 0) is 48.7 Å². The zero-order valence-electron chi connectivity index (χ0n) is 16.3. The number of likely N-dealkylation sites (tertiary alicyclic amines) is 1. The molecular weight excluding hydrogens is 388 g/mol. The summed E-state index contributed by atoms with van der Waals surface area (Å²) in [5, 5.41) is 3.82.